The molecule has 0 aliphatic heterocycles. The van der Waals surface area contributed by atoms with Gasteiger partial charge in [0.15, 0.2) is 0 Å². The van der Waals surface area contributed by atoms with Crippen LogP contribution in [-0.2, 0) is 9.22 Å². The van der Waals surface area contributed by atoms with Gasteiger partial charge in [0.1, 0.15) is 13.8 Å². The molecule has 0 amide bonds. The topological polar surface area (TPSA) is 38.3 Å². The fourth-order valence-corrected chi connectivity index (χ4v) is 4.99. The third-order valence-electron chi connectivity index (χ3n) is 2.86. The maximum Gasteiger partial charge on any atom is 0.312 e. The maximum absolute atomic E-state index is 12.4. The molecule has 0 radical (unpaired) electrons. The van der Waals surface area contributed by atoms with E-state index >= 15 is 0 Å². The predicted molar refractivity (Wildman–Crippen MR) is 77.1 cm³/mol. The van der Waals surface area contributed by atoms with Gasteiger partial charge in [-0.05, 0) is 32.5 Å². The minimum absolute atomic E-state index is 0.0107. The fourth-order valence-electron chi connectivity index (χ4n) is 2.45. The number of carbonyl (C=O) groups is 1. The first-order valence-corrected chi connectivity index (χ1v) is 13.5. The Balaban J connectivity index is 2.81. The zero-order valence-corrected chi connectivity index (χ0v) is 14.1. The Morgan fingerprint density at radius 3 is 1.88 bits per heavy atom. The van der Waals surface area contributed by atoms with Crippen LogP contribution in [0.15, 0.2) is 0 Å². The fraction of sp³-hybridized carbons (Fsp3) is 0.917. The van der Waals surface area contributed by atoms with Crippen LogP contribution in [0.25, 0.3) is 0 Å². The van der Waals surface area contributed by atoms with Gasteiger partial charge < -0.3 is 9.41 Å². The highest BCUT2D eigenvalue weighted by Crippen LogP contribution is 2.33. The molecular formula is C12H27NO2Si2. The van der Waals surface area contributed by atoms with Crippen LogP contribution in [0.4, 0.5) is 0 Å². The van der Waals surface area contributed by atoms with E-state index in [1.165, 1.54) is 0 Å². The Bertz CT molecular complexity index is 286. The van der Waals surface area contributed by atoms with E-state index in [1.54, 1.807) is 0 Å². The SMILES string of the molecule is C[Si](C)(C)NC1(C(=O)O[Si](C)(C)C)CCCC1. The van der Waals surface area contributed by atoms with Gasteiger partial charge in [-0.1, -0.05) is 32.5 Å². The molecule has 3 nitrogen and oxygen atoms in total. The molecule has 1 N–H and O–H groups in total. The second kappa shape index (κ2) is 4.86. The van der Waals surface area contributed by atoms with Crippen molar-refractivity contribution in [2.24, 2.45) is 0 Å². The molecule has 0 aromatic heterocycles. The van der Waals surface area contributed by atoms with Gasteiger partial charge in [-0.15, -0.1) is 0 Å². The van der Waals surface area contributed by atoms with Crippen LogP contribution in [0.2, 0.25) is 39.3 Å². The van der Waals surface area contributed by atoms with Crippen LogP contribution in [-0.4, -0.2) is 28.1 Å². The molecular weight excluding hydrogens is 246 g/mol. The Kier molecular flexibility index (Phi) is 4.26. The second-order valence-electron chi connectivity index (χ2n) is 7.17. The van der Waals surface area contributed by atoms with Crippen molar-refractivity contribution in [3.8, 4) is 0 Å². The number of hydrogen-bond acceptors (Lipinski definition) is 3. The number of nitrogens with one attached hydrogen (secondary N) is 1. The summed E-state index contributed by atoms with van der Waals surface area (Å²) in [7, 11) is -3.25. The molecule has 5 heteroatoms. The molecule has 0 heterocycles. The standard InChI is InChI=1S/C12H27NO2Si2/c1-16(2,3)13-12(9-7-8-10-12)11(14)15-17(4,5)6/h13H,7-10H2,1-6H3. The molecule has 100 valence electrons. The van der Waals surface area contributed by atoms with Gasteiger partial charge in [0.05, 0.1) is 0 Å². The van der Waals surface area contributed by atoms with E-state index in [2.05, 4.69) is 44.3 Å². The van der Waals surface area contributed by atoms with Crippen LogP contribution >= 0.6 is 0 Å². The maximum atomic E-state index is 12.4. The van der Waals surface area contributed by atoms with Gasteiger partial charge in [0.25, 0.3) is 0 Å². The highest BCUT2D eigenvalue weighted by molar-refractivity contribution is 6.74. The lowest BCUT2D eigenvalue weighted by Crippen LogP contribution is -2.61. The van der Waals surface area contributed by atoms with Gasteiger partial charge >= 0.3 is 5.97 Å². The second-order valence-corrected chi connectivity index (χ2v) is 16.3. The van der Waals surface area contributed by atoms with Crippen LogP contribution in [0.1, 0.15) is 25.7 Å². The van der Waals surface area contributed by atoms with Crippen molar-refractivity contribution in [2.75, 3.05) is 0 Å². The summed E-state index contributed by atoms with van der Waals surface area (Å²) < 4.78 is 5.73. The van der Waals surface area contributed by atoms with E-state index in [1.807, 2.05) is 0 Å². The molecule has 0 saturated heterocycles. The van der Waals surface area contributed by atoms with Gasteiger partial charge in [-0.25, -0.2) is 0 Å². The summed E-state index contributed by atoms with van der Waals surface area (Å²) in [6.45, 7) is 12.9. The lowest BCUT2D eigenvalue weighted by atomic mass is 10.0. The summed E-state index contributed by atoms with van der Waals surface area (Å²) in [4.78, 5) is 16.1. The first-order chi connectivity index (χ1) is 7.54. The molecule has 0 unspecified atom stereocenters. The molecule has 1 fully saturated rings. The van der Waals surface area contributed by atoms with E-state index in [4.69, 9.17) is 4.43 Å². The highest BCUT2D eigenvalue weighted by Gasteiger charge is 2.45. The van der Waals surface area contributed by atoms with Crippen molar-refractivity contribution in [3.63, 3.8) is 0 Å². The van der Waals surface area contributed by atoms with Crippen molar-refractivity contribution in [2.45, 2.75) is 70.5 Å². The largest absolute Gasteiger partial charge is 0.519 e. The Labute approximate surface area is 108 Å². The molecule has 0 aromatic carbocycles. The molecule has 0 atom stereocenters. The van der Waals surface area contributed by atoms with Crippen LogP contribution < -0.4 is 4.98 Å². The lowest BCUT2D eigenvalue weighted by Gasteiger charge is -2.36. The molecule has 1 aliphatic rings. The molecule has 1 saturated carbocycles. The predicted octanol–water partition coefficient (Wildman–Crippen LogP) is 3.10. The van der Waals surface area contributed by atoms with Crippen LogP contribution in [0, 0.1) is 0 Å². The van der Waals surface area contributed by atoms with Crippen molar-refractivity contribution in [1.29, 1.82) is 0 Å². The lowest BCUT2D eigenvalue weighted by molar-refractivity contribution is -0.141. The van der Waals surface area contributed by atoms with E-state index in [-0.39, 0.29) is 11.5 Å². The molecule has 0 spiro atoms. The summed E-state index contributed by atoms with van der Waals surface area (Å²) in [6.07, 6.45) is 4.16. The zero-order chi connectivity index (χ0) is 13.3. The van der Waals surface area contributed by atoms with Gasteiger partial charge in [-0.3, -0.25) is 4.79 Å². The summed E-state index contributed by atoms with van der Waals surface area (Å²) in [5, 5.41) is 0. The van der Waals surface area contributed by atoms with Crippen LogP contribution in [0.5, 0.6) is 0 Å². The summed E-state index contributed by atoms with van der Waals surface area (Å²) in [5.74, 6) is 0.0107. The summed E-state index contributed by atoms with van der Waals surface area (Å²) in [5.41, 5.74) is -0.370. The van der Waals surface area contributed by atoms with Crippen molar-refractivity contribution in [1.82, 2.24) is 4.98 Å². The first-order valence-electron chi connectivity index (χ1n) is 6.57. The molecule has 0 aromatic rings. The number of rotatable bonds is 4. The monoisotopic (exact) mass is 273 g/mol. The molecule has 17 heavy (non-hydrogen) atoms. The number of carbonyl (C=O) groups excluding carboxylic acids is 1. The van der Waals surface area contributed by atoms with Gasteiger partial charge in [-0.2, -0.15) is 0 Å². The third-order valence-corrected chi connectivity index (χ3v) is 4.89. The molecule has 1 rings (SSSR count). The van der Waals surface area contributed by atoms with E-state index < -0.39 is 16.6 Å². The summed E-state index contributed by atoms with van der Waals surface area (Å²) in [6, 6.07) is 0. The average molecular weight is 274 g/mol. The zero-order valence-electron chi connectivity index (χ0n) is 12.1. The smallest absolute Gasteiger partial charge is 0.312 e. The van der Waals surface area contributed by atoms with E-state index in [9.17, 15) is 4.79 Å². The van der Waals surface area contributed by atoms with E-state index in [0.717, 1.165) is 25.7 Å². The minimum Gasteiger partial charge on any atom is -0.519 e. The number of hydrogen-bond donors (Lipinski definition) is 1. The van der Waals surface area contributed by atoms with Gasteiger partial charge in [0, 0.05) is 0 Å². The Morgan fingerprint density at radius 2 is 1.53 bits per heavy atom. The van der Waals surface area contributed by atoms with Crippen molar-refractivity contribution >= 4 is 22.5 Å². The van der Waals surface area contributed by atoms with E-state index in [0.29, 0.717) is 0 Å². The van der Waals surface area contributed by atoms with Crippen LogP contribution in [0.3, 0.4) is 0 Å². The average Bonchev–Trinajstić information content (AvgIpc) is 2.47. The molecule has 1 aliphatic carbocycles. The molecule has 0 bridgehead atoms. The normalized spacial score (nSPS) is 20.4. The third kappa shape index (κ3) is 4.56. The van der Waals surface area contributed by atoms with Crippen molar-refractivity contribution in [3.05, 3.63) is 0 Å². The quantitative estimate of drug-likeness (QED) is 0.800. The minimum atomic E-state index is -1.78. The van der Waals surface area contributed by atoms with Gasteiger partial charge in [0.2, 0.25) is 8.32 Å². The first kappa shape index (κ1) is 14.9. The highest BCUT2D eigenvalue weighted by atomic mass is 28.4. The Morgan fingerprint density at radius 1 is 1.06 bits per heavy atom. The summed E-state index contributed by atoms with van der Waals surface area (Å²) >= 11 is 0. The Hall–Kier alpha value is -0.136. The van der Waals surface area contributed by atoms with Crippen molar-refractivity contribution < 1.29 is 9.22 Å².